The molecule has 3 nitrogen and oxygen atoms in total. The Kier molecular flexibility index (Phi) is 5.35. The zero-order chi connectivity index (χ0) is 13.6. The first-order chi connectivity index (χ1) is 8.49. The lowest BCUT2D eigenvalue weighted by Crippen LogP contribution is -2.28. The molecule has 18 heavy (non-hydrogen) atoms. The highest BCUT2D eigenvalue weighted by molar-refractivity contribution is 5.78. The number of carbonyl (C=O) groups excluding carboxylic acids is 1. The Morgan fingerprint density at radius 2 is 1.89 bits per heavy atom. The highest BCUT2D eigenvalue weighted by Gasteiger charge is 2.27. The van der Waals surface area contributed by atoms with Gasteiger partial charge >= 0.3 is 5.97 Å². The highest BCUT2D eigenvalue weighted by atomic mass is 16.5. The number of benzene rings is 1. The van der Waals surface area contributed by atoms with E-state index in [2.05, 4.69) is 0 Å². The van der Waals surface area contributed by atoms with Gasteiger partial charge in [-0.25, -0.2) is 0 Å². The number of rotatable bonds is 6. The molecule has 1 aromatic rings. The number of ether oxygens (including phenoxy) is 1. The smallest absolute Gasteiger partial charge is 0.316 e. The molecule has 0 aromatic heterocycles. The van der Waals surface area contributed by atoms with E-state index in [1.807, 2.05) is 32.9 Å². The molecule has 0 heterocycles. The number of carbonyl (C=O) groups is 1. The fraction of sp³-hybridized carbons (Fsp3) is 0.533. The van der Waals surface area contributed by atoms with Gasteiger partial charge in [0.25, 0.3) is 0 Å². The lowest BCUT2D eigenvalue weighted by molar-refractivity contribution is -0.144. The molecule has 0 aliphatic carbocycles. The Labute approximate surface area is 109 Å². The summed E-state index contributed by atoms with van der Waals surface area (Å²) in [5.74, 6) is 0.377. The van der Waals surface area contributed by atoms with Gasteiger partial charge in [-0.05, 0) is 50.8 Å². The molecule has 100 valence electrons. The van der Waals surface area contributed by atoms with Gasteiger partial charge in [0.1, 0.15) is 5.75 Å². The third-order valence-electron chi connectivity index (χ3n) is 3.19. The van der Waals surface area contributed by atoms with Crippen molar-refractivity contribution in [2.45, 2.75) is 40.0 Å². The van der Waals surface area contributed by atoms with Gasteiger partial charge in [0, 0.05) is 6.61 Å². The molecule has 0 aliphatic rings. The van der Waals surface area contributed by atoms with E-state index in [1.54, 1.807) is 12.1 Å². The van der Waals surface area contributed by atoms with Gasteiger partial charge in [0.05, 0.1) is 5.41 Å². The van der Waals surface area contributed by atoms with Gasteiger partial charge in [-0.2, -0.15) is 0 Å². The first kappa shape index (κ1) is 14.7. The summed E-state index contributed by atoms with van der Waals surface area (Å²) in [7, 11) is 0. The van der Waals surface area contributed by atoms with Gasteiger partial charge in [-0.3, -0.25) is 4.79 Å². The molecule has 0 saturated heterocycles. The molecular weight excluding hydrogens is 228 g/mol. The molecule has 0 atom stereocenters. The molecule has 0 aliphatic heterocycles. The van der Waals surface area contributed by atoms with Crippen LogP contribution in [0.1, 0.15) is 39.2 Å². The van der Waals surface area contributed by atoms with Crippen molar-refractivity contribution in [3.8, 4) is 5.75 Å². The molecule has 0 spiro atoms. The third-order valence-corrected chi connectivity index (χ3v) is 3.19. The van der Waals surface area contributed by atoms with Crippen LogP contribution < -0.4 is 4.74 Å². The first-order valence-corrected chi connectivity index (χ1v) is 6.41. The summed E-state index contributed by atoms with van der Waals surface area (Å²) in [6.07, 6.45) is 2.34. The monoisotopic (exact) mass is 250 g/mol. The summed E-state index contributed by atoms with van der Waals surface area (Å²) in [6, 6.07) is 7.46. The van der Waals surface area contributed by atoms with Gasteiger partial charge in [-0.1, -0.05) is 19.1 Å². The lowest BCUT2D eigenvalue weighted by atomic mass is 9.91. The summed E-state index contributed by atoms with van der Waals surface area (Å²) in [4.78, 5) is 11.9. The number of hydrogen-bond acceptors (Lipinski definition) is 3. The van der Waals surface area contributed by atoms with Gasteiger partial charge in [0.15, 0.2) is 0 Å². The zero-order valence-electron chi connectivity index (χ0n) is 11.4. The highest BCUT2D eigenvalue weighted by Crippen LogP contribution is 2.23. The molecule has 3 heteroatoms. The Hall–Kier alpha value is -1.35. The van der Waals surface area contributed by atoms with Crippen LogP contribution in [0.3, 0.4) is 0 Å². The standard InChI is InChI=1S/C15H22O3/c1-4-15(2,3)14(17)18-13-9-7-12(8-10-13)6-5-11-16/h7-10,16H,4-6,11H2,1-3H3. The average molecular weight is 250 g/mol. The normalized spacial score (nSPS) is 11.3. The Bertz CT molecular complexity index is 379. The van der Waals surface area contributed by atoms with Crippen LogP contribution in [-0.4, -0.2) is 17.7 Å². The second-order valence-electron chi connectivity index (χ2n) is 5.10. The summed E-state index contributed by atoms with van der Waals surface area (Å²) in [5, 5.41) is 8.75. The molecule has 1 rings (SSSR count). The molecule has 1 aromatic carbocycles. The van der Waals surface area contributed by atoms with Gasteiger partial charge in [-0.15, -0.1) is 0 Å². The Morgan fingerprint density at radius 3 is 2.39 bits per heavy atom. The molecule has 0 radical (unpaired) electrons. The van der Waals surface area contributed by atoms with Crippen LogP contribution in [-0.2, 0) is 11.2 Å². The summed E-state index contributed by atoms with van der Waals surface area (Å²) in [5.41, 5.74) is 0.689. The number of esters is 1. The number of aryl methyl sites for hydroxylation is 1. The van der Waals surface area contributed by atoms with Crippen molar-refractivity contribution >= 4 is 5.97 Å². The maximum atomic E-state index is 11.9. The lowest BCUT2D eigenvalue weighted by Gasteiger charge is -2.20. The van der Waals surface area contributed by atoms with E-state index >= 15 is 0 Å². The number of aliphatic hydroxyl groups is 1. The van der Waals surface area contributed by atoms with Crippen LogP contribution in [0.25, 0.3) is 0 Å². The molecule has 0 fully saturated rings. The van der Waals surface area contributed by atoms with Crippen LogP contribution >= 0.6 is 0 Å². The van der Waals surface area contributed by atoms with Crippen LogP contribution in [0.15, 0.2) is 24.3 Å². The predicted octanol–water partition coefficient (Wildman–Crippen LogP) is 2.95. The van der Waals surface area contributed by atoms with Crippen LogP contribution in [0.5, 0.6) is 5.75 Å². The van der Waals surface area contributed by atoms with E-state index in [-0.39, 0.29) is 12.6 Å². The van der Waals surface area contributed by atoms with Crippen molar-refractivity contribution in [1.82, 2.24) is 0 Å². The van der Waals surface area contributed by atoms with Crippen molar-refractivity contribution in [3.63, 3.8) is 0 Å². The molecule has 0 amide bonds. The van der Waals surface area contributed by atoms with Crippen molar-refractivity contribution in [1.29, 1.82) is 0 Å². The Balaban J connectivity index is 2.61. The van der Waals surface area contributed by atoms with Gasteiger partial charge < -0.3 is 9.84 Å². The van der Waals surface area contributed by atoms with Gasteiger partial charge in [0.2, 0.25) is 0 Å². The summed E-state index contributed by atoms with van der Waals surface area (Å²) in [6.45, 7) is 5.93. The minimum Gasteiger partial charge on any atom is -0.426 e. The van der Waals surface area contributed by atoms with Crippen LogP contribution in [0, 0.1) is 5.41 Å². The quantitative estimate of drug-likeness (QED) is 0.623. The van der Waals surface area contributed by atoms with E-state index in [0.29, 0.717) is 5.75 Å². The summed E-state index contributed by atoms with van der Waals surface area (Å²) >= 11 is 0. The van der Waals surface area contributed by atoms with Crippen molar-refractivity contribution in [2.24, 2.45) is 5.41 Å². The van der Waals surface area contributed by atoms with E-state index < -0.39 is 5.41 Å². The van der Waals surface area contributed by atoms with Crippen LogP contribution in [0.2, 0.25) is 0 Å². The first-order valence-electron chi connectivity index (χ1n) is 6.41. The fourth-order valence-electron chi connectivity index (χ4n) is 1.40. The second kappa shape index (κ2) is 6.55. The predicted molar refractivity (Wildman–Crippen MR) is 71.6 cm³/mol. The number of aliphatic hydroxyl groups excluding tert-OH is 1. The average Bonchev–Trinajstić information content (AvgIpc) is 2.37. The Morgan fingerprint density at radius 1 is 1.28 bits per heavy atom. The maximum Gasteiger partial charge on any atom is 0.316 e. The fourth-order valence-corrected chi connectivity index (χ4v) is 1.40. The number of hydrogen-bond donors (Lipinski definition) is 1. The largest absolute Gasteiger partial charge is 0.426 e. The minimum atomic E-state index is -0.449. The third kappa shape index (κ3) is 4.15. The molecular formula is C15H22O3. The van der Waals surface area contributed by atoms with Crippen molar-refractivity contribution in [3.05, 3.63) is 29.8 Å². The summed E-state index contributed by atoms with van der Waals surface area (Å²) < 4.78 is 5.34. The van der Waals surface area contributed by atoms with E-state index in [4.69, 9.17) is 9.84 Å². The minimum absolute atomic E-state index is 0.196. The zero-order valence-corrected chi connectivity index (χ0v) is 11.4. The van der Waals surface area contributed by atoms with E-state index in [9.17, 15) is 4.79 Å². The van der Waals surface area contributed by atoms with E-state index in [1.165, 1.54) is 0 Å². The maximum absolute atomic E-state index is 11.9. The topological polar surface area (TPSA) is 46.5 Å². The molecule has 0 saturated carbocycles. The second-order valence-corrected chi connectivity index (χ2v) is 5.10. The SMILES string of the molecule is CCC(C)(C)C(=O)Oc1ccc(CCCO)cc1. The van der Waals surface area contributed by atoms with Crippen LogP contribution in [0.4, 0.5) is 0 Å². The van der Waals surface area contributed by atoms with Crippen molar-refractivity contribution in [2.75, 3.05) is 6.61 Å². The molecule has 1 N–H and O–H groups in total. The molecule has 0 unspecified atom stereocenters. The van der Waals surface area contributed by atoms with E-state index in [0.717, 1.165) is 24.8 Å². The van der Waals surface area contributed by atoms with Crippen molar-refractivity contribution < 1.29 is 14.6 Å². The molecule has 0 bridgehead atoms.